The number of benzene rings is 1. The smallest absolute Gasteiger partial charge is 0.328 e. The maximum Gasteiger partial charge on any atom is 0.328 e. The minimum Gasteiger partial charge on any atom is -0.383 e. The van der Waals surface area contributed by atoms with Crippen molar-refractivity contribution in [1.29, 1.82) is 0 Å². The first-order chi connectivity index (χ1) is 10.6. The van der Waals surface area contributed by atoms with Crippen LogP contribution in [0.1, 0.15) is 23.2 Å². The van der Waals surface area contributed by atoms with Crippen molar-refractivity contribution in [1.82, 2.24) is 14.9 Å². The number of hydrogen-bond acceptors (Lipinski definition) is 4. The SMILES string of the molecule is COCCn1c(=O)[nH]c2cc(C(=O)NC3CC3)ccc2c1=O. The van der Waals surface area contributed by atoms with E-state index in [1.54, 1.807) is 12.1 Å². The van der Waals surface area contributed by atoms with Gasteiger partial charge < -0.3 is 15.0 Å². The van der Waals surface area contributed by atoms with Crippen molar-refractivity contribution in [3.63, 3.8) is 0 Å². The topological polar surface area (TPSA) is 93.2 Å². The largest absolute Gasteiger partial charge is 0.383 e. The quantitative estimate of drug-likeness (QED) is 0.827. The summed E-state index contributed by atoms with van der Waals surface area (Å²) in [6.45, 7) is 0.459. The number of carbonyl (C=O) groups excluding carboxylic acids is 1. The highest BCUT2D eigenvalue weighted by molar-refractivity contribution is 5.97. The van der Waals surface area contributed by atoms with Gasteiger partial charge in [0.1, 0.15) is 0 Å². The molecule has 1 fully saturated rings. The van der Waals surface area contributed by atoms with E-state index in [-0.39, 0.29) is 30.7 Å². The molecule has 0 saturated heterocycles. The summed E-state index contributed by atoms with van der Waals surface area (Å²) in [4.78, 5) is 38.9. The highest BCUT2D eigenvalue weighted by atomic mass is 16.5. The minimum atomic E-state index is -0.505. The molecule has 0 radical (unpaired) electrons. The zero-order chi connectivity index (χ0) is 15.7. The van der Waals surface area contributed by atoms with Gasteiger partial charge in [-0.15, -0.1) is 0 Å². The van der Waals surface area contributed by atoms with E-state index < -0.39 is 5.69 Å². The molecule has 116 valence electrons. The molecule has 2 N–H and O–H groups in total. The third-order valence-corrected chi connectivity index (χ3v) is 3.68. The Morgan fingerprint density at radius 1 is 1.41 bits per heavy atom. The summed E-state index contributed by atoms with van der Waals surface area (Å²) in [6.07, 6.45) is 2.00. The number of nitrogens with zero attached hydrogens (tertiary/aromatic N) is 1. The Balaban J connectivity index is 2.00. The van der Waals surface area contributed by atoms with Crippen molar-refractivity contribution in [3.05, 3.63) is 44.6 Å². The maximum atomic E-state index is 12.3. The lowest BCUT2D eigenvalue weighted by molar-refractivity contribution is 0.0951. The number of ether oxygens (including phenoxy) is 1. The van der Waals surface area contributed by atoms with Crippen LogP contribution in [0.15, 0.2) is 27.8 Å². The molecule has 1 amide bonds. The number of fused-ring (bicyclic) bond motifs is 1. The van der Waals surface area contributed by atoms with Crippen LogP contribution < -0.4 is 16.6 Å². The molecule has 1 aliphatic carbocycles. The van der Waals surface area contributed by atoms with Crippen LogP contribution in [-0.2, 0) is 11.3 Å². The van der Waals surface area contributed by atoms with Crippen LogP contribution in [0.3, 0.4) is 0 Å². The van der Waals surface area contributed by atoms with Gasteiger partial charge in [-0.1, -0.05) is 0 Å². The standard InChI is InChI=1S/C15H17N3O4/c1-22-7-6-18-14(20)11-5-2-9(8-12(11)17-15(18)21)13(19)16-10-3-4-10/h2,5,8,10H,3-4,6-7H2,1H3,(H,16,19)(H,17,21). The second-order valence-corrected chi connectivity index (χ2v) is 5.39. The van der Waals surface area contributed by atoms with E-state index in [1.165, 1.54) is 13.2 Å². The van der Waals surface area contributed by atoms with E-state index >= 15 is 0 Å². The fourth-order valence-corrected chi connectivity index (χ4v) is 2.28. The molecule has 3 rings (SSSR count). The minimum absolute atomic E-state index is 0.185. The summed E-state index contributed by atoms with van der Waals surface area (Å²) in [6, 6.07) is 4.96. The number of amides is 1. The molecule has 2 aromatic rings. The number of hydrogen-bond donors (Lipinski definition) is 2. The second kappa shape index (κ2) is 5.76. The van der Waals surface area contributed by atoms with Crippen LogP contribution in [0.2, 0.25) is 0 Å². The molecule has 7 nitrogen and oxygen atoms in total. The van der Waals surface area contributed by atoms with E-state index in [1.807, 2.05) is 0 Å². The first kappa shape index (κ1) is 14.5. The number of aromatic amines is 1. The van der Waals surface area contributed by atoms with Gasteiger partial charge in [0.2, 0.25) is 0 Å². The lowest BCUT2D eigenvalue weighted by Gasteiger charge is -2.07. The van der Waals surface area contributed by atoms with Crippen LogP contribution in [0.25, 0.3) is 10.9 Å². The van der Waals surface area contributed by atoms with Gasteiger partial charge >= 0.3 is 5.69 Å². The number of carbonyl (C=O) groups is 1. The number of aromatic nitrogens is 2. The van der Waals surface area contributed by atoms with Gasteiger partial charge in [-0.05, 0) is 31.0 Å². The average Bonchev–Trinajstić information content (AvgIpc) is 3.30. The summed E-state index contributed by atoms with van der Waals surface area (Å²) in [5.41, 5.74) is -0.0875. The highest BCUT2D eigenvalue weighted by Gasteiger charge is 2.24. The molecule has 0 atom stereocenters. The van der Waals surface area contributed by atoms with E-state index in [4.69, 9.17) is 4.74 Å². The number of nitrogens with one attached hydrogen (secondary N) is 2. The Morgan fingerprint density at radius 2 is 2.18 bits per heavy atom. The average molecular weight is 303 g/mol. The summed E-state index contributed by atoms with van der Waals surface area (Å²) < 4.78 is 5.99. The van der Waals surface area contributed by atoms with Crippen molar-refractivity contribution < 1.29 is 9.53 Å². The zero-order valence-corrected chi connectivity index (χ0v) is 12.2. The molecule has 0 unspecified atom stereocenters. The van der Waals surface area contributed by atoms with Gasteiger partial charge in [0, 0.05) is 18.7 Å². The molecule has 0 aliphatic heterocycles. The van der Waals surface area contributed by atoms with Gasteiger partial charge in [0.25, 0.3) is 11.5 Å². The maximum absolute atomic E-state index is 12.3. The molecule has 0 bridgehead atoms. The van der Waals surface area contributed by atoms with Crippen molar-refractivity contribution in [2.75, 3.05) is 13.7 Å². The Labute approximate surface area is 125 Å². The number of methoxy groups -OCH3 is 1. The van der Waals surface area contributed by atoms with Gasteiger partial charge in [-0.2, -0.15) is 0 Å². The molecular weight excluding hydrogens is 286 g/mol. The van der Waals surface area contributed by atoms with Crippen molar-refractivity contribution in [2.24, 2.45) is 0 Å². The van der Waals surface area contributed by atoms with E-state index in [0.29, 0.717) is 16.5 Å². The van der Waals surface area contributed by atoms with Crippen LogP contribution in [0, 0.1) is 0 Å². The van der Waals surface area contributed by atoms with E-state index in [9.17, 15) is 14.4 Å². The predicted molar refractivity (Wildman–Crippen MR) is 81.2 cm³/mol. The van der Waals surface area contributed by atoms with Crippen LogP contribution in [0.5, 0.6) is 0 Å². The molecule has 1 aliphatic rings. The molecular formula is C15H17N3O4. The van der Waals surface area contributed by atoms with Crippen LogP contribution >= 0.6 is 0 Å². The Bertz CT molecular complexity index is 833. The third-order valence-electron chi connectivity index (χ3n) is 3.68. The fraction of sp³-hybridized carbons (Fsp3) is 0.400. The monoisotopic (exact) mass is 303 g/mol. The van der Waals surface area contributed by atoms with Crippen molar-refractivity contribution >= 4 is 16.8 Å². The van der Waals surface area contributed by atoms with E-state index in [0.717, 1.165) is 17.4 Å². The fourth-order valence-electron chi connectivity index (χ4n) is 2.28. The van der Waals surface area contributed by atoms with Crippen LogP contribution in [0.4, 0.5) is 0 Å². The lowest BCUT2D eigenvalue weighted by atomic mass is 10.1. The zero-order valence-electron chi connectivity index (χ0n) is 12.2. The molecule has 22 heavy (non-hydrogen) atoms. The van der Waals surface area contributed by atoms with Gasteiger partial charge in [0.15, 0.2) is 0 Å². The third kappa shape index (κ3) is 2.80. The molecule has 7 heteroatoms. The summed E-state index contributed by atoms with van der Waals surface area (Å²) in [5, 5.41) is 3.25. The highest BCUT2D eigenvalue weighted by Crippen LogP contribution is 2.19. The summed E-state index contributed by atoms with van der Waals surface area (Å²) in [7, 11) is 1.50. The summed E-state index contributed by atoms with van der Waals surface area (Å²) in [5.74, 6) is -0.186. The first-order valence-corrected chi connectivity index (χ1v) is 7.17. The van der Waals surface area contributed by atoms with Gasteiger partial charge in [-0.25, -0.2) is 4.79 Å². The Morgan fingerprint density at radius 3 is 2.86 bits per heavy atom. The Kier molecular flexibility index (Phi) is 3.81. The number of rotatable bonds is 5. The molecule has 1 heterocycles. The molecule has 0 spiro atoms. The van der Waals surface area contributed by atoms with Crippen LogP contribution in [-0.4, -0.2) is 35.2 Å². The lowest BCUT2D eigenvalue weighted by Crippen LogP contribution is -2.36. The first-order valence-electron chi connectivity index (χ1n) is 7.17. The second-order valence-electron chi connectivity index (χ2n) is 5.39. The molecule has 1 saturated carbocycles. The predicted octanol–water partition coefficient (Wildman–Crippen LogP) is 0.228. The molecule has 1 aromatic carbocycles. The van der Waals surface area contributed by atoms with Gasteiger partial charge in [-0.3, -0.25) is 14.2 Å². The summed E-state index contributed by atoms with van der Waals surface area (Å²) >= 11 is 0. The van der Waals surface area contributed by atoms with Crippen molar-refractivity contribution in [3.8, 4) is 0 Å². The number of H-pyrrole nitrogens is 1. The van der Waals surface area contributed by atoms with Gasteiger partial charge in [0.05, 0.1) is 24.1 Å². The van der Waals surface area contributed by atoms with Crippen molar-refractivity contribution in [2.45, 2.75) is 25.4 Å². The normalized spacial score (nSPS) is 14.2. The Hall–Kier alpha value is -2.41. The van der Waals surface area contributed by atoms with E-state index in [2.05, 4.69) is 10.3 Å². The molecule has 1 aromatic heterocycles.